The van der Waals surface area contributed by atoms with Gasteiger partial charge in [-0.1, -0.05) is 46.3 Å². The number of para-hydroxylation sites is 1. The van der Waals surface area contributed by atoms with Gasteiger partial charge in [0.2, 0.25) is 0 Å². The van der Waals surface area contributed by atoms with Gasteiger partial charge >= 0.3 is 5.97 Å². The molecule has 0 atom stereocenters. The Morgan fingerprint density at radius 2 is 1.92 bits per heavy atom. The lowest BCUT2D eigenvalue weighted by molar-refractivity contribution is -0.119. The van der Waals surface area contributed by atoms with Crippen molar-refractivity contribution in [2.24, 2.45) is 0 Å². The second-order valence-electron chi connectivity index (χ2n) is 8.91. The van der Waals surface area contributed by atoms with Gasteiger partial charge in [0.05, 0.1) is 16.8 Å². The van der Waals surface area contributed by atoms with Crippen LogP contribution in [-0.2, 0) is 22.5 Å². The maximum Gasteiger partial charge on any atom is 0.339 e. The maximum atomic E-state index is 13.3. The van der Waals surface area contributed by atoms with Gasteiger partial charge in [-0.05, 0) is 32.0 Å². The summed E-state index contributed by atoms with van der Waals surface area (Å²) in [5.74, 6) is -0.948. The van der Waals surface area contributed by atoms with Crippen molar-refractivity contribution in [3.8, 4) is 11.3 Å². The molecule has 1 aliphatic rings. The highest BCUT2D eigenvalue weighted by atomic mass is 79.9. The van der Waals surface area contributed by atoms with Gasteiger partial charge in [-0.25, -0.2) is 9.78 Å². The minimum absolute atomic E-state index is 0.347. The average molecular weight is 565 g/mol. The molecule has 0 spiro atoms. The number of thiazole rings is 1. The van der Waals surface area contributed by atoms with E-state index in [0.717, 1.165) is 50.9 Å². The summed E-state index contributed by atoms with van der Waals surface area (Å²) in [6, 6.07) is 15.7. The van der Waals surface area contributed by atoms with Crippen molar-refractivity contribution in [1.82, 2.24) is 14.9 Å². The Balaban J connectivity index is 1.31. The van der Waals surface area contributed by atoms with Crippen molar-refractivity contribution in [2.45, 2.75) is 32.9 Å². The molecule has 1 aliphatic heterocycles. The molecule has 1 amide bonds. The molecule has 0 saturated heterocycles. The third-order valence-corrected chi connectivity index (χ3v) is 7.52. The number of aromatic nitrogens is 2. The normalized spacial score (nSPS) is 13.6. The molecule has 3 heterocycles. The molecule has 0 radical (unpaired) electrons. The Morgan fingerprint density at radius 3 is 2.69 bits per heavy atom. The molecular weight excluding hydrogens is 540 g/mol. The molecule has 5 rings (SSSR count). The van der Waals surface area contributed by atoms with Crippen LogP contribution in [0.1, 0.15) is 35.5 Å². The number of pyridine rings is 1. The molecule has 184 valence electrons. The van der Waals surface area contributed by atoms with Crippen LogP contribution in [0.3, 0.4) is 0 Å². The summed E-state index contributed by atoms with van der Waals surface area (Å²) >= 11 is 4.74. The van der Waals surface area contributed by atoms with Crippen molar-refractivity contribution in [3.63, 3.8) is 0 Å². The van der Waals surface area contributed by atoms with Gasteiger partial charge in [0.15, 0.2) is 11.7 Å². The summed E-state index contributed by atoms with van der Waals surface area (Å²) < 4.78 is 6.49. The van der Waals surface area contributed by atoms with E-state index in [1.54, 1.807) is 0 Å². The van der Waals surface area contributed by atoms with E-state index in [1.165, 1.54) is 11.3 Å². The molecule has 2 aromatic heterocycles. The highest BCUT2D eigenvalue weighted by Crippen LogP contribution is 2.30. The number of carbonyl (C=O) groups is 2. The minimum Gasteiger partial charge on any atom is -0.452 e. The monoisotopic (exact) mass is 564 g/mol. The lowest BCUT2D eigenvalue weighted by Gasteiger charge is -2.32. The van der Waals surface area contributed by atoms with Crippen LogP contribution < -0.4 is 5.32 Å². The Labute approximate surface area is 221 Å². The predicted octanol–water partition coefficient (Wildman–Crippen LogP) is 5.68. The molecule has 0 fully saturated rings. The van der Waals surface area contributed by atoms with Gasteiger partial charge in [0.25, 0.3) is 5.91 Å². The van der Waals surface area contributed by atoms with Crippen LogP contribution in [0.4, 0.5) is 5.13 Å². The van der Waals surface area contributed by atoms with Gasteiger partial charge in [0, 0.05) is 57.6 Å². The number of ether oxygens (including phenoxy) is 1. The van der Waals surface area contributed by atoms with Gasteiger partial charge in [-0.15, -0.1) is 11.3 Å². The highest BCUT2D eigenvalue weighted by Gasteiger charge is 2.28. The van der Waals surface area contributed by atoms with E-state index in [1.807, 2.05) is 53.9 Å². The summed E-state index contributed by atoms with van der Waals surface area (Å²) in [5, 5.41) is 5.80. The molecule has 9 heteroatoms. The van der Waals surface area contributed by atoms with Crippen LogP contribution >= 0.6 is 27.3 Å². The van der Waals surface area contributed by atoms with Crippen LogP contribution in [0.2, 0.25) is 0 Å². The van der Waals surface area contributed by atoms with Crippen molar-refractivity contribution < 1.29 is 14.3 Å². The summed E-state index contributed by atoms with van der Waals surface area (Å²) in [4.78, 5) is 37.5. The topological polar surface area (TPSA) is 84.4 Å². The number of hydrogen-bond donors (Lipinski definition) is 1. The molecular formula is C27H25BrN4O3S. The molecule has 2 aromatic carbocycles. The van der Waals surface area contributed by atoms with E-state index in [9.17, 15) is 9.59 Å². The Hall–Kier alpha value is -3.14. The van der Waals surface area contributed by atoms with Crippen LogP contribution in [0, 0.1) is 0 Å². The lowest BCUT2D eigenvalue weighted by Crippen LogP contribution is -2.37. The first kappa shape index (κ1) is 24.5. The third kappa shape index (κ3) is 5.18. The average Bonchev–Trinajstić information content (AvgIpc) is 3.34. The molecule has 0 bridgehead atoms. The fourth-order valence-electron chi connectivity index (χ4n) is 4.33. The van der Waals surface area contributed by atoms with Gasteiger partial charge in [-0.3, -0.25) is 20.0 Å². The Morgan fingerprint density at radius 1 is 1.14 bits per heavy atom. The second-order valence-corrected chi connectivity index (χ2v) is 10.7. The van der Waals surface area contributed by atoms with Crippen LogP contribution in [-0.4, -0.2) is 45.9 Å². The molecule has 36 heavy (non-hydrogen) atoms. The van der Waals surface area contributed by atoms with E-state index in [0.29, 0.717) is 23.3 Å². The number of anilines is 1. The number of carbonyl (C=O) groups excluding carboxylic acids is 2. The maximum absolute atomic E-state index is 13.3. The molecule has 0 unspecified atom stereocenters. The first-order chi connectivity index (χ1) is 17.4. The summed E-state index contributed by atoms with van der Waals surface area (Å²) in [5.41, 5.74) is 4.79. The first-order valence-corrected chi connectivity index (χ1v) is 13.4. The van der Waals surface area contributed by atoms with Gasteiger partial charge in [0.1, 0.15) is 0 Å². The second kappa shape index (κ2) is 10.5. The molecule has 7 nitrogen and oxygen atoms in total. The summed E-state index contributed by atoms with van der Waals surface area (Å²) in [6.45, 7) is 5.40. The van der Waals surface area contributed by atoms with Crippen LogP contribution in [0.5, 0.6) is 0 Å². The van der Waals surface area contributed by atoms with Crippen molar-refractivity contribution >= 4 is 55.2 Å². The molecule has 0 saturated carbocycles. The van der Waals surface area contributed by atoms with E-state index in [4.69, 9.17) is 9.72 Å². The third-order valence-electron chi connectivity index (χ3n) is 6.24. The van der Waals surface area contributed by atoms with Crippen molar-refractivity contribution in [3.05, 3.63) is 75.2 Å². The number of amides is 1. The fourth-order valence-corrected chi connectivity index (χ4v) is 5.33. The summed E-state index contributed by atoms with van der Waals surface area (Å²) in [6.07, 6.45) is 0.768. The quantitative estimate of drug-likeness (QED) is 0.303. The Bertz CT molecular complexity index is 1430. The standard InChI is InChI=1S/C27H25BrN4O3S/c1-16(2)32-12-11-22-20(13-32)25(19-5-3-4-6-21(19)29-22)26(34)35-14-24(33)31-27-30-23(15-36-27)17-7-9-18(28)10-8-17/h3-10,15-16H,11-14H2,1-2H3,(H,30,31,33). The number of benzene rings is 2. The predicted molar refractivity (Wildman–Crippen MR) is 145 cm³/mol. The first-order valence-electron chi connectivity index (χ1n) is 11.7. The zero-order valence-electron chi connectivity index (χ0n) is 20.0. The number of fused-ring (bicyclic) bond motifs is 2. The van der Waals surface area contributed by atoms with Crippen LogP contribution in [0.15, 0.2) is 58.4 Å². The van der Waals surface area contributed by atoms with Gasteiger partial charge in [-0.2, -0.15) is 0 Å². The largest absolute Gasteiger partial charge is 0.452 e. The summed E-state index contributed by atoms with van der Waals surface area (Å²) in [7, 11) is 0. The number of halogens is 1. The van der Waals surface area contributed by atoms with E-state index in [-0.39, 0.29) is 0 Å². The number of esters is 1. The molecule has 1 N–H and O–H groups in total. The minimum atomic E-state index is -0.514. The smallest absolute Gasteiger partial charge is 0.339 e. The number of nitrogens with zero attached hydrogens (tertiary/aromatic N) is 3. The van der Waals surface area contributed by atoms with E-state index in [2.05, 4.69) is 45.0 Å². The van der Waals surface area contributed by atoms with E-state index >= 15 is 0 Å². The van der Waals surface area contributed by atoms with Gasteiger partial charge < -0.3 is 4.74 Å². The molecule has 0 aliphatic carbocycles. The fraction of sp³-hybridized carbons (Fsp3) is 0.259. The highest BCUT2D eigenvalue weighted by molar-refractivity contribution is 9.10. The number of hydrogen-bond acceptors (Lipinski definition) is 7. The van der Waals surface area contributed by atoms with Crippen LogP contribution in [0.25, 0.3) is 22.2 Å². The van der Waals surface area contributed by atoms with Crippen molar-refractivity contribution in [1.29, 1.82) is 0 Å². The zero-order chi connectivity index (χ0) is 25.2. The Kier molecular flexibility index (Phi) is 7.13. The zero-order valence-corrected chi connectivity index (χ0v) is 22.4. The lowest BCUT2D eigenvalue weighted by atomic mass is 9.95. The number of nitrogens with one attached hydrogen (secondary N) is 1. The number of rotatable bonds is 6. The molecule has 4 aromatic rings. The van der Waals surface area contributed by atoms with Crippen molar-refractivity contribution in [2.75, 3.05) is 18.5 Å². The SMILES string of the molecule is CC(C)N1CCc2nc3ccccc3c(C(=O)OCC(=O)Nc3nc(-c4ccc(Br)cc4)cs3)c2C1. The van der Waals surface area contributed by atoms with E-state index < -0.39 is 18.5 Å².